The van der Waals surface area contributed by atoms with Crippen LogP contribution in [0.3, 0.4) is 0 Å². The maximum Gasteiger partial charge on any atom is 0.303 e. The molecule has 0 radical (unpaired) electrons. The molecule has 16 heavy (non-hydrogen) atoms. The molecule has 0 saturated carbocycles. The Morgan fingerprint density at radius 3 is 2.75 bits per heavy atom. The normalized spacial score (nSPS) is 10.1. The number of carboxylic acid groups (broad SMARTS) is 1. The summed E-state index contributed by atoms with van der Waals surface area (Å²) in [6, 6.07) is 1.30. The summed E-state index contributed by atoms with van der Waals surface area (Å²) >= 11 is 0.792. The van der Waals surface area contributed by atoms with Gasteiger partial charge in [-0.1, -0.05) is 0 Å². The second kappa shape index (κ2) is 5.60. The molecule has 0 saturated heterocycles. The lowest BCUT2D eigenvalue weighted by Crippen LogP contribution is -2.24. The van der Waals surface area contributed by atoms with E-state index >= 15 is 0 Å². The van der Waals surface area contributed by atoms with Gasteiger partial charge in [-0.3, -0.25) is 9.59 Å². The number of hydrogen-bond donors (Lipinski definition) is 2. The molecule has 6 heteroatoms. The SMILES string of the molecule is Cc1cc(F)sc1C(=O)NCCCC(=O)O. The minimum atomic E-state index is -0.896. The Kier molecular flexibility index (Phi) is 4.42. The van der Waals surface area contributed by atoms with Crippen LogP contribution in [0.25, 0.3) is 0 Å². The van der Waals surface area contributed by atoms with Crippen LogP contribution in [0.4, 0.5) is 4.39 Å². The number of carbonyl (C=O) groups is 2. The van der Waals surface area contributed by atoms with E-state index in [2.05, 4.69) is 5.32 Å². The van der Waals surface area contributed by atoms with Crippen molar-refractivity contribution in [3.8, 4) is 0 Å². The first-order valence-corrected chi connectivity index (χ1v) is 5.58. The van der Waals surface area contributed by atoms with Gasteiger partial charge in [-0.05, 0) is 25.0 Å². The van der Waals surface area contributed by atoms with E-state index in [1.807, 2.05) is 0 Å². The van der Waals surface area contributed by atoms with Crippen molar-refractivity contribution in [1.29, 1.82) is 0 Å². The molecule has 0 fully saturated rings. The van der Waals surface area contributed by atoms with E-state index in [-0.39, 0.29) is 18.9 Å². The molecule has 0 aliphatic carbocycles. The first-order valence-electron chi connectivity index (χ1n) is 4.76. The Morgan fingerprint density at radius 2 is 2.25 bits per heavy atom. The first kappa shape index (κ1) is 12.6. The van der Waals surface area contributed by atoms with E-state index in [4.69, 9.17) is 5.11 Å². The number of amides is 1. The average molecular weight is 245 g/mol. The number of nitrogens with one attached hydrogen (secondary N) is 1. The molecule has 4 nitrogen and oxygen atoms in total. The molecule has 1 heterocycles. The van der Waals surface area contributed by atoms with Gasteiger partial charge in [0.15, 0.2) is 5.13 Å². The van der Waals surface area contributed by atoms with Crippen LogP contribution in [-0.4, -0.2) is 23.5 Å². The molecule has 0 aliphatic heterocycles. The number of rotatable bonds is 5. The predicted octanol–water partition coefficient (Wildman–Crippen LogP) is 1.79. The number of halogens is 1. The predicted molar refractivity (Wildman–Crippen MR) is 58.2 cm³/mol. The van der Waals surface area contributed by atoms with Gasteiger partial charge in [0.2, 0.25) is 0 Å². The van der Waals surface area contributed by atoms with Crippen LogP contribution in [0, 0.1) is 12.1 Å². The van der Waals surface area contributed by atoms with E-state index in [0.717, 1.165) is 11.3 Å². The zero-order chi connectivity index (χ0) is 12.1. The summed E-state index contributed by atoms with van der Waals surface area (Å²) in [4.78, 5) is 22.1. The summed E-state index contributed by atoms with van der Waals surface area (Å²) in [6.07, 6.45) is 0.381. The summed E-state index contributed by atoms with van der Waals surface area (Å²) in [5.74, 6) is -1.25. The molecule has 1 amide bonds. The number of carboxylic acids is 1. The van der Waals surface area contributed by atoms with Crippen molar-refractivity contribution in [1.82, 2.24) is 5.32 Å². The van der Waals surface area contributed by atoms with Gasteiger partial charge >= 0.3 is 5.97 Å². The molecule has 2 N–H and O–H groups in total. The van der Waals surface area contributed by atoms with Crippen LogP contribution in [-0.2, 0) is 4.79 Å². The molecular formula is C10H12FNO3S. The largest absolute Gasteiger partial charge is 0.481 e. The van der Waals surface area contributed by atoms with E-state index < -0.39 is 11.1 Å². The first-order chi connectivity index (χ1) is 7.50. The molecule has 0 aromatic carbocycles. The van der Waals surface area contributed by atoms with Crippen LogP contribution in [0.5, 0.6) is 0 Å². The summed E-state index contributed by atoms with van der Waals surface area (Å²) in [7, 11) is 0. The molecule has 0 unspecified atom stereocenters. The fourth-order valence-corrected chi connectivity index (χ4v) is 2.01. The van der Waals surface area contributed by atoms with Gasteiger partial charge in [-0.15, -0.1) is 11.3 Å². The van der Waals surface area contributed by atoms with E-state index in [1.54, 1.807) is 6.92 Å². The highest BCUT2D eigenvalue weighted by Gasteiger charge is 2.12. The standard InChI is InChI=1S/C10H12FNO3S/c1-6-5-7(11)16-9(6)10(15)12-4-2-3-8(13)14/h5H,2-4H2,1H3,(H,12,15)(H,13,14). The number of carbonyl (C=O) groups excluding carboxylic acids is 1. The Balaban J connectivity index is 2.41. The van der Waals surface area contributed by atoms with E-state index in [9.17, 15) is 14.0 Å². The van der Waals surface area contributed by atoms with Crippen molar-refractivity contribution in [2.24, 2.45) is 0 Å². The fraction of sp³-hybridized carbons (Fsp3) is 0.400. The molecule has 88 valence electrons. The smallest absolute Gasteiger partial charge is 0.303 e. The molecular weight excluding hydrogens is 233 g/mol. The topological polar surface area (TPSA) is 66.4 Å². The summed E-state index contributed by atoms with van der Waals surface area (Å²) in [5.41, 5.74) is 0.596. The minimum absolute atomic E-state index is 0.0120. The lowest BCUT2D eigenvalue weighted by atomic mass is 10.2. The molecule has 0 bridgehead atoms. The van der Waals surface area contributed by atoms with Crippen LogP contribution in [0.1, 0.15) is 28.1 Å². The molecule has 0 spiro atoms. The lowest BCUT2D eigenvalue weighted by molar-refractivity contribution is -0.137. The monoisotopic (exact) mass is 245 g/mol. The summed E-state index contributed by atoms with van der Waals surface area (Å²) in [5, 5.41) is 10.5. The highest BCUT2D eigenvalue weighted by Crippen LogP contribution is 2.19. The zero-order valence-electron chi connectivity index (χ0n) is 8.75. The molecule has 1 aromatic rings. The summed E-state index contributed by atoms with van der Waals surface area (Å²) < 4.78 is 12.8. The van der Waals surface area contributed by atoms with Crippen molar-refractivity contribution in [3.05, 3.63) is 21.6 Å². The van der Waals surface area contributed by atoms with Crippen LogP contribution >= 0.6 is 11.3 Å². The third kappa shape index (κ3) is 3.62. The number of aliphatic carboxylic acids is 1. The van der Waals surface area contributed by atoms with Gasteiger partial charge < -0.3 is 10.4 Å². The van der Waals surface area contributed by atoms with E-state index in [0.29, 0.717) is 16.9 Å². The Labute approximate surface area is 96.1 Å². The molecule has 0 atom stereocenters. The maximum atomic E-state index is 12.8. The van der Waals surface area contributed by atoms with Crippen LogP contribution < -0.4 is 5.32 Å². The van der Waals surface area contributed by atoms with Gasteiger partial charge in [0, 0.05) is 13.0 Å². The van der Waals surface area contributed by atoms with Crippen LogP contribution in [0.2, 0.25) is 0 Å². The van der Waals surface area contributed by atoms with Gasteiger partial charge in [-0.2, -0.15) is 4.39 Å². The molecule has 0 aliphatic rings. The van der Waals surface area contributed by atoms with Gasteiger partial charge in [0.25, 0.3) is 5.91 Å². The van der Waals surface area contributed by atoms with Gasteiger partial charge in [0.05, 0.1) is 4.88 Å². The number of thiophene rings is 1. The third-order valence-electron chi connectivity index (χ3n) is 1.95. The average Bonchev–Trinajstić information content (AvgIpc) is 2.52. The second-order valence-corrected chi connectivity index (χ2v) is 4.32. The van der Waals surface area contributed by atoms with Gasteiger partial charge in [-0.25, -0.2) is 0 Å². The Hall–Kier alpha value is -1.43. The minimum Gasteiger partial charge on any atom is -0.481 e. The van der Waals surface area contributed by atoms with E-state index in [1.165, 1.54) is 6.07 Å². The van der Waals surface area contributed by atoms with Gasteiger partial charge in [0.1, 0.15) is 0 Å². The zero-order valence-corrected chi connectivity index (χ0v) is 9.57. The van der Waals surface area contributed by atoms with Crippen molar-refractivity contribution in [3.63, 3.8) is 0 Å². The van der Waals surface area contributed by atoms with Crippen molar-refractivity contribution in [2.45, 2.75) is 19.8 Å². The quantitative estimate of drug-likeness (QED) is 0.777. The Bertz CT molecular complexity index is 403. The van der Waals surface area contributed by atoms with Crippen molar-refractivity contribution >= 4 is 23.2 Å². The second-order valence-electron chi connectivity index (χ2n) is 3.32. The molecule has 1 aromatic heterocycles. The fourth-order valence-electron chi connectivity index (χ4n) is 1.19. The molecule has 1 rings (SSSR count). The lowest BCUT2D eigenvalue weighted by Gasteiger charge is -2.02. The van der Waals surface area contributed by atoms with Crippen molar-refractivity contribution in [2.75, 3.05) is 6.54 Å². The highest BCUT2D eigenvalue weighted by molar-refractivity contribution is 7.12. The third-order valence-corrected chi connectivity index (χ3v) is 2.97. The number of aryl methyl sites for hydroxylation is 1. The summed E-state index contributed by atoms with van der Waals surface area (Å²) in [6.45, 7) is 1.94. The number of hydrogen-bond acceptors (Lipinski definition) is 3. The van der Waals surface area contributed by atoms with Crippen molar-refractivity contribution < 1.29 is 19.1 Å². The highest BCUT2D eigenvalue weighted by atomic mass is 32.1. The Morgan fingerprint density at radius 1 is 1.56 bits per heavy atom. The van der Waals surface area contributed by atoms with Crippen LogP contribution in [0.15, 0.2) is 6.07 Å². The maximum absolute atomic E-state index is 12.8.